The lowest BCUT2D eigenvalue weighted by atomic mass is 9.96. The van der Waals surface area contributed by atoms with Crippen LogP contribution in [0.4, 0.5) is 0 Å². The predicted molar refractivity (Wildman–Crippen MR) is 94.5 cm³/mol. The molecule has 1 aromatic carbocycles. The topological polar surface area (TPSA) is 102 Å². The second kappa shape index (κ2) is 6.63. The van der Waals surface area contributed by atoms with E-state index in [0.29, 0.717) is 43.8 Å². The van der Waals surface area contributed by atoms with Crippen LogP contribution in [-0.4, -0.2) is 56.4 Å². The Morgan fingerprint density at radius 1 is 1.26 bits per heavy atom. The highest BCUT2D eigenvalue weighted by Crippen LogP contribution is 2.30. The molecule has 3 heterocycles. The number of amidine groups is 1. The van der Waals surface area contributed by atoms with Gasteiger partial charge in [-0.05, 0) is 31.9 Å². The number of likely N-dealkylation sites (tertiary alicyclic amines) is 1. The number of benzene rings is 1. The molecule has 9 heteroatoms. The average Bonchev–Trinajstić information content (AvgIpc) is 3.11. The normalized spacial score (nSPS) is 27.1. The zero-order valence-electron chi connectivity index (χ0n) is 14.8. The van der Waals surface area contributed by atoms with Crippen LogP contribution in [0.5, 0.6) is 0 Å². The summed E-state index contributed by atoms with van der Waals surface area (Å²) < 4.78 is 38.6. The third-order valence-corrected chi connectivity index (χ3v) is 6.45. The van der Waals surface area contributed by atoms with Gasteiger partial charge in [0.05, 0.1) is 5.92 Å². The van der Waals surface area contributed by atoms with Gasteiger partial charge in [0.15, 0.2) is 5.84 Å². The van der Waals surface area contributed by atoms with Crippen molar-refractivity contribution >= 4 is 27.8 Å². The number of ether oxygens (including phenoxy) is 2. The number of hydrogen-bond donors (Lipinski definition) is 0. The molecule has 0 N–H and O–H groups in total. The highest BCUT2D eigenvalue weighted by molar-refractivity contribution is 7.90. The number of nitrogens with zero attached hydrogens (tertiary/aromatic N) is 2. The second-order valence-corrected chi connectivity index (χ2v) is 8.63. The van der Waals surface area contributed by atoms with Gasteiger partial charge in [-0.25, -0.2) is 4.79 Å². The number of rotatable bonds is 2. The number of piperidine rings is 1. The van der Waals surface area contributed by atoms with Gasteiger partial charge < -0.3 is 14.4 Å². The second-order valence-electron chi connectivity index (χ2n) is 7.06. The molecule has 0 amide bonds. The van der Waals surface area contributed by atoms with Crippen LogP contribution >= 0.6 is 0 Å². The molecule has 144 valence electrons. The van der Waals surface area contributed by atoms with Crippen LogP contribution in [0, 0.1) is 5.92 Å². The first-order valence-electron chi connectivity index (χ1n) is 8.95. The van der Waals surface area contributed by atoms with Crippen LogP contribution in [-0.2, 0) is 29.1 Å². The molecule has 2 atom stereocenters. The van der Waals surface area contributed by atoms with Gasteiger partial charge in [-0.15, -0.1) is 4.40 Å². The molecule has 3 aliphatic rings. The number of sulfonamides is 1. The Hall–Kier alpha value is -2.42. The van der Waals surface area contributed by atoms with Gasteiger partial charge in [-0.2, -0.15) is 8.42 Å². The summed E-state index contributed by atoms with van der Waals surface area (Å²) in [5.41, 5.74) is 0.598. The number of carbonyl (C=O) groups is 2. The van der Waals surface area contributed by atoms with Crippen molar-refractivity contribution in [2.24, 2.45) is 10.3 Å². The van der Waals surface area contributed by atoms with Crippen LogP contribution < -0.4 is 0 Å². The lowest BCUT2D eigenvalue weighted by molar-refractivity contribution is -0.164. The molecular weight excluding hydrogens is 372 g/mol. The fourth-order valence-corrected chi connectivity index (χ4v) is 4.92. The molecule has 0 aliphatic carbocycles. The van der Waals surface area contributed by atoms with Crippen LogP contribution in [0.2, 0.25) is 0 Å². The Balaban J connectivity index is 1.40. The Morgan fingerprint density at radius 3 is 2.63 bits per heavy atom. The molecule has 0 unspecified atom stereocenters. The molecule has 2 saturated heterocycles. The van der Waals surface area contributed by atoms with E-state index in [-0.39, 0.29) is 16.9 Å². The molecule has 2 fully saturated rings. The van der Waals surface area contributed by atoms with E-state index in [9.17, 15) is 18.0 Å². The summed E-state index contributed by atoms with van der Waals surface area (Å²) in [6.07, 6.45) is 0.352. The minimum atomic E-state index is -3.66. The van der Waals surface area contributed by atoms with Gasteiger partial charge in [-0.3, -0.25) is 4.79 Å². The van der Waals surface area contributed by atoms with E-state index in [2.05, 4.69) is 4.40 Å². The van der Waals surface area contributed by atoms with Gasteiger partial charge in [0.2, 0.25) is 6.10 Å². The average molecular weight is 392 g/mol. The van der Waals surface area contributed by atoms with E-state index in [1.54, 1.807) is 31.2 Å². The summed E-state index contributed by atoms with van der Waals surface area (Å²) >= 11 is 0. The number of cyclic esters (lactones) is 1. The molecule has 27 heavy (non-hydrogen) atoms. The molecule has 8 nitrogen and oxygen atoms in total. The van der Waals surface area contributed by atoms with Gasteiger partial charge in [0.25, 0.3) is 10.0 Å². The third-order valence-electron chi connectivity index (χ3n) is 5.12. The van der Waals surface area contributed by atoms with Crippen molar-refractivity contribution in [3.8, 4) is 0 Å². The largest absolute Gasteiger partial charge is 0.460 e. The number of carbonyl (C=O) groups excluding carboxylic acids is 2. The van der Waals surface area contributed by atoms with E-state index in [0.717, 1.165) is 0 Å². The highest BCUT2D eigenvalue weighted by atomic mass is 32.2. The van der Waals surface area contributed by atoms with Crippen LogP contribution in [0.15, 0.2) is 33.6 Å². The van der Waals surface area contributed by atoms with Crippen molar-refractivity contribution in [1.82, 2.24) is 4.90 Å². The smallest absolute Gasteiger partial charge is 0.347 e. The molecule has 0 aromatic heterocycles. The predicted octanol–water partition coefficient (Wildman–Crippen LogP) is 1.09. The Morgan fingerprint density at radius 2 is 1.96 bits per heavy atom. The van der Waals surface area contributed by atoms with E-state index >= 15 is 0 Å². The molecule has 0 radical (unpaired) electrons. The number of hydrogen-bond acceptors (Lipinski definition) is 7. The van der Waals surface area contributed by atoms with Crippen molar-refractivity contribution in [2.75, 3.05) is 13.1 Å². The lowest BCUT2D eigenvalue weighted by Gasteiger charge is -2.32. The van der Waals surface area contributed by atoms with E-state index in [1.165, 1.54) is 0 Å². The van der Waals surface area contributed by atoms with Crippen molar-refractivity contribution in [2.45, 2.75) is 43.3 Å². The summed E-state index contributed by atoms with van der Waals surface area (Å²) in [6, 6.07) is 6.74. The SMILES string of the molecule is C[C@H]1C[C@H](OC(=O)C2CCN(C3=NS(=O)(=O)c4ccccc43)CC2)C(=O)O1. The number of esters is 2. The summed E-state index contributed by atoms with van der Waals surface area (Å²) in [5, 5.41) is 0. The summed E-state index contributed by atoms with van der Waals surface area (Å²) in [6.45, 7) is 2.75. The quantitative estimate of drug-likeness (QED) is 0.694. The fraction of sp³-hybridized carbons (Fsp3) is 0.500. The first kappa shape index (κ1) is 18.0. The maximum Gasteiger partial charge on any atom is 0.347 e. The zero-order valence-corrected chi connectivity index (χ0v) is 15.6. The van der Waals surface area contributed by atoms with E-state index in [4.69, 9.17) is 9.47 Å². The van der Waals surface area contributed by atoms with E-state index in [1.807, 2.05) is 4.90 Å². The maximum absolute atomic E-state index is 12.4. The van der Waals surface area contributed by atoms with Gasteiger partial charge in [0, 0.05) is 25.1 Å². The zero-order chi connectivity index (χ0) is 19.2. The molecule has 3 aliphatic heterocycles. The minimum Gasteiger partial charge on any atom is -0.460 e. The first-order chi connectivity index (χ1) is 12.8. The Labute approximate surface area is 157 Å². The van der Waals surface area contributed by atoms with Crippen molar-refractivity contribution in [3.05, 3.63) is 29.8 Å². The Bertz CT molecular complexity index is 918. The third kappa shape index (κ3) is 3.31. The van der Waals surface area contributed by atoms with Gasteiger partial charge in [0.1, 0.15) is 11.0 Å². The number of fused-ring (bicyclic) bond motifs is 1. The fourth-order valence-electron chi connectivity index (χ4n) is 3.70. The highest BCUT2D eigenvalue weighted by Gasteiger charge is 2.38. The van der Waals surface area contributed by atoms with Gasteiger partial charge >= 0.3 is 11.9 Å². The monoisotopic (exact) mass is 392 g/mol. The summed E-state index contributed by atoms with van der Waals surface area (Å²) in [7, 11) is -3.66. The van der Waals surface area contributed by atoms with Crippen molar-refractivity contribution < 1.29 is 27.5 Å². The molecule has 1 aromatic rings. The minimum absolute atomic E-state index is 0.218. The molecular formula is C18H20N2O6S. The van der Waals surface area contributed by atoms with Crippen LogP contribution in [0.1, 0.15) is 31.7 Å². The van der Waals surface area contributed by atoms with Crippen LogP contribution in [0.3, 0.4) is 0 Å². The van der Waals surface area contributed by atoms with Crippen molar-refractivity contribution in [3.63, 3.8) is 0 Å². The summed E-state index contributed by atoms with van der Waals surface area (Å²) in [5.74, 6) is -0.771. The Kier molecular flexibility index (Phi) is 4.41. The first-order valence-corrected chi connectivity index (χ1v) is 10.4. The van der Waals surface area contributed by atoms with E-state index < -0.39 is 28.1 Å². The molecule has 0 bridgehead atoms. The maximum atomic E-state index is 12.4. The molecule has 4 rings (SSSR count). The molecule has 0 saturated carbocycles. The lowest BCUT2D eigenvalue weighted by Crippen LogP contribution is -2.41. The standard InChI is InChI=1S/C18H20N2O6S/c1-11-10-14(18(22)25-11)26-17(21)12-6-8-20(9-7-12)16-13-4-2-3-5-15(13)27(23,24)19-16/h2-5,11-12,14H,6-10H2,1H3/t11-,14-/m0/s1. The summed E-state index contributed by atoms with van der Waals surface area (Å²) in [4.78, 5) is 26.1. The van der Waals surface area contributed by atoms with Gasteiger partial charge in [-0.1, -0.05) is 12.1 Å². The molecule has 0 spiro atoms. The van der Waals surface area contributed by atoms with Crippen molar-refractivity contribution in [1.29, 1.82) is 0 Å². The van der Waals surface area contributed by atoms with Crippen LogP contribution in [0.25, 0.3) is 0 Å².